The van der Waals surface area contributed by atoms with Crippen molar-refractivity contribution in [2.75, 3.05) is 7.11 Å². The van der Waals surface area contributed by atoms with Gasteiger partial charge >= 0.3 is 0 Å². The Bertz CT molecular complexity index is 523. The summed E-state index contributed by atoms with van der Waals surface area (Å²) in [5, 5.41) is 9.78. The SMILES string of the molecule is COc1ccc(COc2ccc(Br)cc2)c(O)c1. The van der Waals surface area contributed by atoms with Crippen LogP contribution < -0.4 is 9.47 Å². The monoisotopic (exact) mass is 308 g/mol. The number of halogens is 1. The lowest BCUT2D eigenvalue weighted by Crippen LogP contribution is -1.96. The molecule has 0 radical (unpaired) electrons. The Balaban J connectivity index is 2.04. The van der Waals surface area contributed by atoms with Gasteiger partial charge in [-0.25, -0.2) is 0 Å². The van der Waals surface area contributed by atoms with Crippen molar-refractivity contribution in [2.24, 2.45) is 0 Å². The average Bonchev–Trinajstić information content (AvgIpc) is 2.39. The average molecular weight is 309 g/mol. The van der Waals surface area contributed by atoms with Crippen molar-refractivity contribution in [1.82, 2.24) is 0 Å². The number of methoxy groups -OCH3 is 1. The molecule has 2 aromatic rings. The molecular formula is C14H13BrO3. The molecule has 0 heterocycles. The summed E-state index contributed by atoms with van der Waals surface area (Å²) in [5.41, 5.74) is 0.721. The predicted octanol–water partition coefficient (Wildman–Crippen LogP) is 3.74. The van der Waals surface area contributed by atoms with E-state index in [1.54, 1.807) is 25.3 Å². The number of hydrogen-bond acceptors (Lipinski definition) is 3. The first-order valence-electron chi connectivity index (χ1n) is 5.43. The third kappa shape index (κ3) is 3.17. The number of phenols is 1. The van der Waals surface area contributed by atoms with Crippen LogP contribution >= 0.6 is 15.9 Å². The van der Waals surface area contributed by atoms with Gasteiger partial charge in [-0.05, 0) is 36.4 Å². The van der Waals surface area contributed by atoms with E-state index >= 15 is 0 Å². The smallest absolute Gasteiger partial charge is 0.125 e. The Morgan fingerprint density at radius 1 is 1.06 bits per heavy atom. The van der Waals surface area contributed by atoms with E-state index in [2.05, 4.69) is 15.9 Å². The van der Waals surface area contributed by atoms with Crippen LogP contribution in [0.1, 0.15) is 5.56 Å². The number of benzene rings is 2. The predicted molar refractivity (Wildman–Crippen MR) is 73.1 cm³/mol. The Morgan fingerprint density at radius 2 is 1.72 bits per heavy atom. The molecule has 0 aliphatic rings. The topological polar surface area (TPSA) is 38.7 Å². The van der Waals surface area contributed by atoms with Crippen molar-refractivity contribution in [3.05, 3.63) is 52.5 Å². The lowest BCUT2D eigenvalue weighted by molar-refractivity contribution is 0.298. The van der Waals surface area contributed by atoms with E-state index in [1.165, 1.54) is 0 Å². The number of rotatable bonds is 4. The van der Waals surface area contributed by atoms with Gasteiger partial charge in [0.1, 0.15) is 23.9 Å². The molecule has 0 aliphatic heterocycles. The van der Waals surface area contributed by atoms with Crippen LogP contribution in [0.15, 0.2) is 46.9 Å². The summed E-state index contributed by atoms with van der Waals surface area (Å²) in [6, 6.07) is 12.7. The molecule has 3 nitrogen and oxygen atoms in total. The Hall–Kier alpha value is -1.68. The maximum absolute atomic E-state index is 9.78. The second kappa shape index (κ2) is 5.78. The maximum Gasteiger partial charge on any atom is 0.125 e. The molecule has 2 aromatic carbocycles. The van der Waals surface area contributed by atoms with Gasteiger partial charge in [-0.15, -0.1) is 0 Å². The van der Waals surface area contributed by atoms with Crippen molar-refractivity contribution >= 4 is 15.9 Å². The van der Waals surface area contributed by atoms with Crippen LogP contribution in [-0.2, 0) is 6.61 Å². The van der Waals surface area contributed by atoms with Gasteiger partial charge in [-0.1, -0.05) is 15.9 Å². The first-order chi connectivity index (χ1) is 8.69. The first kappa shape index (κ1) is 12.8. The highest BCUT2D eigenvalue weighted by molar-refractivity contribution is 9.10. The zero-order valence-corrected chi connectivity index (χ0v) is 11.5. The molecule has 0 fully saturated rings. The fourth-order valence-electron chi connectivity index (χ4n) is 1.48. The summed E-state index contributed by atoms with van der Waals surface area (Å²) in [7, 11) is 1.56. The Labute approximate surface area is 114 Å². The molecule has 18 heavy (non-hydrogen) atoms. The fourth-order valence-corrected chi connectivity index (χ4v) is 1.75. The molecule has 0 amide bonds. The zero-order chi connectivity index (χ0) is 13.0. The zero-order valence-electron chi connectivity index (χ0n) is 9.89. The third-order valence-corrected chi connectivity index (χ3v) is 3.03. The van der Waals surface area contributed by atoms with Gasteiger partial charge in [0, 0.05) is 16.1 Å². The van der Waals surface area contributed by atoms with Crippen molar-refractivity contribution in [3.8, 4) is 17.2 Å². The van der Waals surface area contributed by atoms with Crippen molar-refractivity contribution in [3.63, 3.8) is 0 Å². The van der Waals surface area contributed by atoms with Crippen LogP contribution in [0.25, 0.3) is 0 Å². The van der Waals surface area contributed by atoms with E-state index in [4.69, 9.17) is 9.47 Å². The summed E-state index contributed by atoms with van der Waals surface area (Å²) < 4.78 is 11.6. The summed E-state index contributed by atoms with van der Waals surface area (Å²) in [4.78, 5) is 0. The quantitative estimate of drug-likeness (QED) is 0.935. The number of aromatic hydroxyl groups is 1. The standard InChI is InChI=1S/C14H13BrO3/c1-17-13-5-2-10(14(16)8-13)9-18-12-6-3-11(15)4-7-12/h2-8,16H,9H2,1H3. The van der Waals surface area contributed by atoms with Gasteiger partial charge in [0.05, 0.1) is 7.11 Å². The summed E-state index contributed by atoms with van der Waals surface area (Å²) in [6.07, 6.45) is 0. The Morgan fingerprint density at radius 3 is 2.33 bits per heavy atom. The second-order valence-corrected chi connectivity index (χ2v) is 4.65. The minimum absolute atomic E-state index is 0.173. The lowest BCUT2D eigenvalue weighted by Gasteiger charge is -2.09. The summed E-state index contributed by atoms with van der Waals surface area (Å²) in [5.74, 6) is 1.56. The fraction of sp³-hybridized carbons (Fsp3) is 0.143. The Kier molecular flexibility index (Phi) is 4.10. The molecule has 0 saturated carbocycles. The number of ether oxygens (including phenoxy) is 2. The van der Waals surface area contributed by atoms with Crippen LogP contribution in [0.5, 0.6) is 17.2 Å². The number of hydrogen-bond donors (Lipinski definition) is 1. The van der Waals surface area contributed by atoms with Crippen molar-refractivity contribution in [2.45, 2.75) is 6.61 Å². The van der Waals surface area contributed by atoms with Gasteiger partial charge in [-0.2, -0.15) is 0 Å². The van der Waals surface area contributed by atoms with E-state index in [0.29, 0.717) is 12.4 Å². The molecule has 0 aliphatic carbocycles. The normalized spacial score (nSPS) is 10.1. The maximum atomic E-state index is 9.78. The van der Waals surface area contributed by atoms with Gasteiger partial charge in [-0.3, -0.25) is 0 Å². The minimum atomic E-state index is 0.173. The van der Waals surface area contributed by atoms with Gasteiger partial charge in [0.2, 0.25) is 0 Å². The summed E-state index contributed by atoms with van der Waals surface area (Å²) >= 11 is 3.36. The highest BCUT2D eigenvalue weighted by atomic mass is 79.9. The van der Waals surface area contributed by atoms with E-state index in [1.807, 2.05) is 24.3 Å². The third-order valence-electron chi connectivity index (χ3n) is 2.50. The molecule has 94 valence electrons. The minimum Gasteiger partial charge on any atom is -0.507 e. The molecule has 0 saturated heterocycles. The van der Waals surface area contributed by atoms with E-state index in [0.717, 1.165) is 15.8 Å². The molecule has 4 heteroatoms. The molecule has 2 rings (SSSR count). The molecule has 0 spiro atoms. The van der Waals surface area contributed by atoms with Gasteiger partial charge in [0.15, 0.2) is 0 Å². The van der Waals surface area contributed by atoms with Crippen LogP contribution in [-0.4, -0.2) is 12.2 Å². The molecule has 1 N–H and O–H groups in total. The van der Waals surface area contributed by atoms with E-state index in [9.17, 15) is 5.11 Å². The lowest BCUT2D eigenvalue weighted by atomic mass is 10.2. The van der Waals surface area contributed by atoms with E-state index < -0.39 is 0 Å². The molecule has 0 aromatic heterocycles. The van der Waals surface area contributed by atoms with E-state index in [-0.39, 0.29) is 5.75 Å². The van der Waals surface area contributed by atoms with Crippen LogP contribution in [0.2, 0.25) is 0 Å². The van der Waals surface area contributed by atoms with Crippen LogP contribution in [0, 0.1) is 0 Å². The highest BCUT2D eigenvalue weighted by Gasteiger charge is 2.04. The summed E-state index contributed by atoms with van der Waals surface area (Å²) in [6.45, 7) is 0.317. The second-order valence-electron chi connectivity index (χ2n) is 3.74. The van der Waals surface area contributed by atoms with Crippen molar-refractivity contribution < 1.29 is 14.6 Å². The molecule has 0 atom stereocenters. The largest absolute Gasteiger partial charge is 0.507 e. The number of phenolic OH excluding ortho intramolecular Hbond substituents is 1. The highest BCUT2D eigenvalue weighted by Crippen LogP contribution is 2.25. The van der Waals surface area contributed by atoms with Gasteiger partial charge in [0.25, 0.3) is 0 Å². The first-order valence-corrected chi connectivity index (χ1v) is 6.22. The van der Waals surface area contributed by atoms with Crippen molar-refractivity contribution in [1.29, 1.82) is 0 Å². The van der Waals surface area contributed by atoms with Gasteiger partial charge < -0.3 is 14.6 Å². The molecular weight excluding hydrogens is 296 g/mol. The molecule has 0 unspecified atom stereocenters. The van der Waals surface area contributed by atoms with Crippen LogP contribution in [0.4, 0.5) is 0 Å². The van der Waals surface area contributed by atoms with Crippen LogP contribution in [0.3, 0.4) is 0 Å². The molecule has 0 bridgehead atoms.